The van der Waals surface area contributed by atoms with Crippen LogP contribution in [0, 0.1) is 0 Å². The number of pyridine rings is 2. The van der Waals surface area contributed by atoms with Crippen molar-refractivity contribution in [3.05, 3.63) is 65.9 Å². The number of carbonyl (C=O) groups excluding carboxylic acids is 1. The molecule has 3 aromatic rings. The number of amides is 2. The summed E-state index contributed by atoms with van der Waals surface area (Å²) in [6.45, 7) is 2.11. The number of rotatable bonds is 4. The van der Waals surface area contributed by atoms with E-state index in [0.29, 0.717) is 16.5 Å². The van der Waals surface area contributed by atoms with Crippen LogP contribution in [0.4, 0.5) is 22.0 Å². The number of carbonyl (C=O) groups is 1. The Labute approximate surface area is 168 Å². The van der Waals surface area contributed by atoms with Crippen LogP contribution in [0.5, 0.6) is 0 Å². The lowest BCUT2D eigenvalue weighted by atomic mass is 10.1. The van der Waals surface area contributed by atoms with Crippen LogP contribution in [0.15, 0.2) is 60.8 Å². The minimum Gasteiger partial charge on any atom is -0.357 e. The van der Waals surface area contributed by atoms with E-state index in [2.05, 4.69) is 20.5 Å². The van der Waals surface area contributed by atoms with Gasteiger partial charge in [0.15, 0.2) is 0 Å². The Balaban J connectivity index is 1.47. The molecular formula is C21H20ClN5O. The summed E-state index contributed by atoms with van der Waals surface area (Å²) >= 11 is 5.76. The Morgan fingerprint density at radius 2 is 1.75 bits per heavy atom. The first-order valence-corrected chi connectivity index (χ1v) is 9.57. The van der Waals surface area contributed by atoms with Gasteiger partial charge in [-0.2, -0.15) is 0 Å². The summed E-state index contributed by atoms with van der Waals surface area (Å²) in [5, 5.41) is 5.94. The molecule has 1 aromatic carbocycles. The first kappa shape index (κ1) is 18.3. The van der Waals surface area contributed by atoms with Gasteiger partial charge in [-0.3, -0.25) is 0 Å². The second-order valence-corrected chi connectivity index (χ2v) is 6.99. The maximum Gasteiger partial charge on any atom is 0.323 e. The first-order chi connectivity index (χ1) is 13.7. The third kappa shape index (κ3) is 4.40. The highest BCUT2D eigenvalue weighted by Gasteiger charge is 2.14. The van der Waals surface area contributed by atoms with E-state index < -0.39 is 0 Å². The largest absolute Gasteiger partial charge is 0.357 e. The summed E-state index contributed by atoms with van der Waals surface area (Å²) in [4.78, 5) is 23.3. The molecule has 1 aliphatic heterocycles. The number of hydrogen-bond acceptors (Lipinski definition) is 4. The molecule has 1 saturated heterocycles. The molecule has 28 heavy (non-hydrogen) atoms. The van der Waals surface area contributed by atoms with Crippen molar-refractivity contribution in [3.63, 3.8) is 0 Å². The van der Waals surface area contributed by atoms with Crippen LogP contribution < -0.4 is 15.5 Å². The van der Waals surface area contributed by atoms with Crippen molar-refractivity contribution < 1.29 is 4.79 Å². The zero-order valence-corrected chi connectivity index (χ0v) is 16.0. The van der Waals surface area contributed by atoms with Gasteiger partial charge >= 0.3 is 6.03 Å². The second-order valence-electron chi connectivity index (χ2n) is 6.60. The fourth-order valence-electron chi connectivity index (χ4n) is 3.21. The lowest BCUT2D eigenvalue weighted by molar-refractivity contribution is 0.262. The first-order valence-electron chi connectivity index (χ1n) is 9.19. The van der Waals surface area contributed by atoms with E-state index in [-0.39, 0.29) is 6.03 Å². The van der Waals surface area contributed by atoms with E-state index in [1.807, 2.05) is 42.5 Å². The molecule has 7 heteroatoms. The summed E-state index contributed by atoms with van der Waals surface area (Å²) in [6, 6.07) is 16.7. The van der Waals surface area contributed by atoms with Crippen molar-refractivity contribution in [2.45, 2.75) is 12.8 Å². The molecule has 1 aliphatic rings. The quantitative estimate of drug-likeness (QED) is 0.609. The lowest BCUT2D eigenvalue weighted by Crippen LogP contribution is -2.19. The standard InChI is InChI=1S/C21H20ClN5O/c22-19-10-9-17(14-23-19)25-21(28)24-16-6-3-5-15(13-16)18-7-4-8-20(26-18)27-11-1-2-12-27/h3-10,13-14H,1-2,11-12H2,(H2,24,25,28). The molecule has 2 N–H and O–H groups in total. The van der Waals surface area contributed by atoms with Gasteiger partial charge in [-0.15, -0.1) is 0 Å². The predicted octanol–water partition coefficient (Wildman–Crippen LogP) is 5.04. The molecule has 0 bridgehead atoms. The van der Waals surface area contributed by atoms with Gasteiger partial charge in [0, 0.05) is 24.3 Å². The van der Waals surface area contributed by atoms with Gasteiger partial charge in [-0.05, 0) is 49.2 Å². The number of nitrogens with zero attached hydrogens (tertiary/aromatic N) is 3. The number of aromatic nitrogens is 2. The molecule has 2 aromatic heterocycles. The van der Waals surface area contributed by atoms with E-state index >= 15 is 0 Å². The average molecular weight is 394 g/mol. The number of benzene rings is 1. The van der Waals surface area contributed by atoms with Gasteiger partial charge in [-0.1, -0.05) is 29.8 Å². The van der Waals surface area contributed by atoms with Crippen LogP contribution in [0.3, 0.4) is 0 Å². The molecule has 6 nitrogen and oxygen atoms in total. The average Bonchev–Trinajstić information content (AvgIpc) is 3.25. The van der Waals surface area contributed by atoms with Gasteiger partial charge in [0.05, 0.1) is 17.6 Å². The molecule has 0 aliphatic carbocycles. The summed E-state index contributed by atoms with van der Waals surface area (Å²) in [6.07, 6.45) is 3.93. The highest BCUT2D eigenvalue weighted by Crippen LogP contribution is 2.25. The Kier molecular flexibility index (Phi) is 5.39. The van der Waals surface area contributed by atoms with Crippen LogP contribution in [0.25, 0.3) is 11.3 Å². The maximum atomic E-state index is 12.2. The SMILES string of the molecule is O=C(Nc1ccc(Cl)nc1)Nc1cccc(-c2cccc(N3CCCC3)n2)c1. The van der Waals surface area contributed by atoms with Crippen LogP contribution >= 0.6 is 11.6 Å². The predicted molar refractivity (Wildman–Crippen MR) is 113 cm³/mol. The van der Waals surface area contributed by atoms with Crippen LogP contribution in [0.1, 0.15) is 12.8 Å². The monoisotopic (exact) mass is 393 g/mol. The Morgan fingerprint density at radius 1 is 0.964 bits per heavy atom. The molecule has 0 unspecified atom stereocenters. The van der Waals surface area contributed by atoms with Gasteiger partial charge in [0.25, 0.3) is 0 Å². The lowest BCUT2D eigenvalue weighted by Gasteiger charge is -2.17. The summed E-state index contributed by atoms with van der Waals surface area (Å²) in [5.41, 5.74) is 3.09. The van der Waals surface area contributed by atoms with Crippen molar-refractivity contribution in [2.24, 2.45) is 0 Å². The zero-order chi connectivity index (χ0) is 19.3. The van der Waals surface area contributed by atoms with Gasteiger partial charge in [0.1, 0.15) is 11.0 Å². The van der Waals surface area contributed by atoms with Crippen LogP contribution in [-0.2, 0) is 0 Å². The van der Waals surface area contributed by atoms with Gasteiger partial charge in [-0.25, -0.2) is 14.8 Å². The molecule has 142 valence electrons. The maximum absolute atomic E-state index is 12.2. The molecule has 0 spiro atoms. The van der Waals surface area contributed by atoms with Crippen molar-refractivity contribution in [2.75, 3.05) is 28.6 Å². The molecule has 4 rings (SSSR count). The van der Waals surface area contributed by atoms with E-state index in [1.165, 1.54) is 19.0 Å². The molecule has 2 amide bonds. The minimum atomic E-state index is -0.347. The highest BCUT2D eigenvalue weighted by atomic mass is 35.5. The van der Waals surface area contributed by atoms with E-state index in [0.717, 1.165) is 30.2 Å². The number of urea groups is 1. The van der Waals surface area contributed by atoms with E-state index in [9.17, 15) is 4.79 Å². The second kappa shape index (κ2) is 8.27. The molecule has 0 radical (unpaired) electrons. The zero-order valence-electron chi connectivity index (χ0n) is 15.2. The van der Waals surface area contributed by atoms with Crippen LogP contribution in [-0.4, -0.2) is 29.1 Å². The number of nitrogens with one attached hydrogen (secondary N) is 2. The van der Waals surface area contributed by atoms with Gasteiger partial charge < -0.3 is 15.5 Å². The summed E-state index contributed by atoms with van der Waals surface area (Å²) < 4.78 is 0. The normalized spacial score (nSPS) is 13.4. The molecule has 3 heterocycles. The van der Waals surface area contributed by atoms with E-state index in [1.54, 1.807) is 12.1 Å². The number of hydrogen-bond donors (Lipinski definition) is 2. The molecular weight excluding hydrogens is 374 g/mol. The Bertz CT molecular complexity index is 971. The third-order valence-corrected chi connectivity index (χ3v) is 4.79. The summed E-state index contributed by atoms with van der Waals surface area (Å²) in [7, 11) is 0. The summed E-state index contributed by atoms with van der Waals surface area (Å²) in [5.74, 6) is 1.00. The van der Waals surface area contributed by atoms with E-state index in [4.69, 9.17) is 16.6 Å². The van der Waals surface area contributed by atoms with Crippen molar-refractivity contribution in [1.82, 2.24) is 9.97 Å². The Morgan fingerprint density at radius 3 is 2.54 bits per heavy atom. The minimum absolute atomic E-state index is 0.347. The number of anilines is 3. The van der Waals surface area contributed by atoms with Gasteiger partial charge in [0.2, 0.25) is 0 Å². The molecule has 0 saturated carbocycles. The topological polar surface area (TPSA) is 70.2 Å². The smallest absolute Gasteiger partial charge is 0.323 e. The number of halogens is 1. The highest BCUT2D eigenvalue weighted by molar-refractivity contribution is 6.29. The fourth-order valence-corrected chi connectivity index (χ4v) is 3.32. The van der Waals surface area contributed by atoms with Crippen molar-refractivity contribution in [1.29, 1.82) is 0 Å². The fraction of sp³-hybridized carbons (Fsp3) is 0.190. The van der Waals surface area contributed by atoms with Crippen molar-refractivity contribution in [3.8, 4) is 11.3 Å². The third-order valence-electron chi connectivity index (χ3n) is 4.57. The van der Waals surface area contributed by atoms with Crippen LogP contribution in [0.2, 0.25) is 5.15 Å². The molecule has 0 atom stereocenters. The van der Waals surface area contributed by atoms with Crippen molar-refractivity contribution >= 4 is 34.8 Å². The molecule has 1 fully saturated rings. The Hall–Kier alpha value is -3.12.